The number of halogens is 3. The largest absolute Gasteiger partial charge is 0.433 e. The zero-order valence-corrected chi connectivity index (χ0v) is 10.4. The van der Waals surface area contributed by atoms with Crippen molar-refractivity contribution >= 4 is 17.3 Å². The minimum atomic E-state index is -3.07. The van der Waals surface area contributed by atoms with E-state index in [0.29, 0.717) is 0 Å². The van der Waals surface area contributed by atoms with Gasteiger partial charge in [0.2, 0.25) is 0 Å². The molecule has 0 heterocycles. The predicted octanol–water partition coefficient (Wildman–Crippen LogP) is 3.18. The number of nitrogens with one attached hydrogen (secondary N) is 1. The van der Waals surface area contributed by atoms with Crippen LogP contribution >= 0.6 is 11.6 Å². The molecule has 0 atom stereocenters. The van der Waals surface area contributed by atoms with Crippen molar-refractivity contribution in [2.24, 2.45) is 0 Å². The van der Waals surface area contributed by atoms with Gasteiger partial charge in [0.25, 0.3) is 0 Å². The molecule has 1 N–H and O–H groups in total. The van der Waals surface area contributed by atoms with Gasteiger partial charge in [0, 0.05) is 5.02 Å². The third-order valence-electron chi connectivity index (χ3n) is 2.00. The van der Waals surface area contributed by atoms with E-state index in [1.54, 1.807) is 6.07 Å². The van der Waals surface area contributed by atoms with Crippen molar-refractivity contribution in [1.29, 1.82) is 15.8 Å². The van der Waals surface area contributed by atoms with E-state index in [-0.39, 0.29) is 16.5 Å². The molecule has 0 saturated carbocycles. The molecule has 0 spiro atoms. The van der Waals surface area contributed by atoms with Gasteiger partial charge in [0.05, 0.1) is 5.69 Å². The van der Waals surface area contributed by atoms with Crippen LogP contribution in [0.15, 0.2) is 29.5 Å². The van der Waals surface area contributed by atoms with Gasteiger partial charge in [-0.15, -0.1) is 0 Å². The maximum atomic E-state index is 12.2. The molecule has 0 unspecified atom stereocenters. The number of rotatable bonds is 4. The summed E-state index contributed by atoms with van der Waals surface area (Å²) in [6.07, 6.45) is 0. The van der Waals surface area contributed by atoms with Crippen LogP contribution in [0.25, 0.3) is 0 Å². The molecule has 5 nitrogen and oxygen atoms in total. The van der Waals surface area contributed by atoms with E-state index >= 15 is 0 Å². The summed E-state index contributed by atoms with van der Waals surface area (Å²) in [5.41, 5.74) is -0.941. The zero-order chi connectivity index (χ0) is 15.1. The van der Waals surface area contributed by atoms with E-state index in [1.807, 2.05) is 0 Å². The molecule has 100 valence electrons. The summed E-state index contributed by atoms with van der Waals surface area (Å²) in [5, 5.41) is 28.8. The summed E-state index contributed by atoms with van der Waals surface area (Å²) in [6, 6.07) is 8.32. The molecule has 1 aromatic rings. The summed E-state index contributed by atoms with van der Waals surface area (Å²) in [6.45, 7) is -3.07. The Morgan fingerprint density at radius 2 is 1.85 bits per heavy atom. The Hall–Kier alpha value is -2.82. The molecule has 20 heavy (non-hydrogen) atoms. The fourth-order valence-electron chi connectivity index (χ4n) is 1.22. The number of allylic oxidation sites excluding steroid dienone is 2. The van der Waals surface area contributed by atoms with Crippen LogP contribution in [0.1, 0.15) is 0 Å². The van der Waals surface area contributed by atoms with Crippen molar-refractivity contribution in [3.63, 3.8) is 0 Å². The van der Waals surface area contributed by atoms with Crippen molar-refractivity contribution in [2.45, 2.75) is 6.61 Å². The minimum absolute atomic E-state index is 0.0580. The van der Waals surface area contributed by atoms with E-state index in [0.717, 1.165) is 0 Å². The molecule has 0 aliphatic rings. The van der Waals surface area contributed by atoms with Crippen LogP contribution in [-0.4, -0.2) is 6.61 Å². The number of alkyl halides is 2. The van der Waals surface area contributed by atoms with Crippen LogP contribution < -0.4 is 10.1 Å². The van der Waals surface area contributed by atoms with Crippen LogP contribution in [0.4, 0.5) is 14.5 Å². The third kappa shape index (κ3) is 3.84. The number of nitriles is 3. The number of hydrogen-bond acceptors (Lipinski definition) is 5. The first-order valence-electron chi connectivity index (χ1n) is 4.97. The summed E-state index contributed by atoms with van der Waals surface area (Å²) in [4.78, 5) is 0. The lowest BCUT2D eigenvalue weighted by molar-refractivity contribution is -0.0493. The van der Waals surface area contributed by atoms with E-state index in [1.165, 1.54) is 30.3 Å². The number of anilines is 1. The Bertz CT molecular complexity index is 652. The van der Waals surface area contributed by atoms with Crippen LogP contribution in [0, 0.1) is 34.0 Å². The maximum absolute atomic E-state index is 12.2. The Labute approximate surface area is 117 Å². The Balaban J connectivity index is 3.24. The molecule has 0 saturated heterocycles. The van der Waals surface area contributed by atoms with Crippen molar-refractivity contribution in [3.05, 3.63) is 34.5 Å². The van der Waals surface area contributed by atoms with E-state index < -0.39 is 17.9 Å². The molecule has 1 aromatic carbocycles. The first kappa shape index (κ1) is 15.2. The van der Waals surface area contributed by atoms with Gasteiger partial charge in [-0.05, 0) is 18.2 Å². The summed E-state index contributed by atoms with van der Waals surface area (Å²) in [5.74, 6) is -0.271. The van der Waals surface area contributed by atoms with Gasteiger partial charge in [-0.1, -0.05) is 11.6 Å². The molecule has 0 aliphatic carbocycles. The molecular weight excluding hydrogens is 290 g/mol. The van der Waals surface area contributed by atoms with Gasteiger partial charge in [0.1, 0.15) is 29.7 Å². The van der Waals surface area contributed by atoms with E-state index in [2.05, 4.69) is 10.1 Å². The van der Waals surface area contributed by atoms with Gasteiger partial charge < -0.3 is 10.1 Å². The molecule has 0 bridgehead atoms. The third-order valence-corrected chi connectivity index (χ3v) is 2.24. The summed E-state index contributed by atoms with van der Waals surface area (Å²) < 4.78 is 28.7. The molecule has 0 amide bonds. The van der Waals surface area contributed by atoms with Crippen LogP contribution in [0.5, 0.6) is 5.75 Å². The van der Waals surface area contributed by atoms with E-state index in [9.17, 15) is 8.78 Å². The first-order chi connectivity index (χ1) is 9.51. The monoisotopic (exact) mass is 294 g/mol. The Kier molecular flexibility index (Phi) is 5.29. The molecule has 0 radical (unpaired) electrons. The van der Waals surface area contributed by atoms with Crippen LogP contribution in [0.3, 0.4) is 0 Å². The maximum Gasteiger partial charge on any atom is 0.387 e. The van der Waals surface area contributed by atoms with Crippen molar-refractivity contribution in [3.8, 4) is 24.0 Å². The zero-order valence-electron chi connectivity index (χ0n) is 9.69. The van der Waals surface area contributed by atoms with Gasteiger partial charge in [-0.3, -0.25) is 0 Å². The highest BCUT2D eigenvalue weighted by Crippen LogP contribution is 2.30. The highest BCUT2D eigenvalue weighted by atomic mass is 35.5. The minimum Gasteiger partial charge on any atom is -0.433 e. The number of nitrogens with zero attached hydrogens (tertiary/aromatic N) is 3. The molecule has 0 aromatic heterocycles. The van der Waals surface area contributed by atoms with Gasteiger partial charge in [0.15, 0.2) is 5.57 Å². The van der Waals surface area contributed by atoms with E-state index in [4.69, 9.17) is 27.4 Å². The molecule has 1 rings (SSSR count). The average Bonchev–Trinajstić information content (AvgIpc) is 2.41. The summed E-state index contributed by atoms with van der Waals surface area (Å²) >= 11 is 5.72. The number of ether oxygens (including phenoxy) is 1. The second kappa shape index (κ2) is 6.94. The van der Waals surface area contributed by atoms with Crippen molar-refractivity contribution in [2.75, 3.05) is 5.32 Å². The van der Waals surface area contributed by atoms with Gasteiger partial charge >= 0.3 is 6.61 Å². The highest BCUT2D eigenvalue weighted by molar-refractivity contribution is 6.30. The molecule has 0 fully saturated rings. The molecule has 8 heteroatoms. The first-order valence-corrected chi connectivity index (χ1v) is 5.35. The lowest BCUT2D eigenvalue weighted by Crippen LogP contribution is -2.07. The Morgan fingerprint density at radius 3 is 2.35 bits per heavy atom. The molecule has 0 aliphatic heterocycles. The second-order valence-corrected chi connectivity index (χ2v) is 3.67. The van der Waals surface area contributed by atoms with Gasteiger partial charge in [-0.25, -0.2) is 0 Å². The van der Waals surface area contributed by atoms with Crippen molar-refractivity contribution < 1.29 is 13.5 Å². The number of benzene rings is 1. The number of hydrogen-bond donors (Lipinski definition) is 1. The normalized spacial score (nSPS) is 9.05. The lowest BCUT2D eigenvalue weighted by atomic mass is 10.2. The molecular formula is C12H5ClF2N4O. The SMILES string of the molecule is N#CC(C#N)=C(C#N)Nc1cc(Cl)ccc1OC(F)F. The standard InChI is InChI=1S/C12H5ClF2N4O/c13-8-1-2-11(20-12(14)15)9(3-8)19-10(6-18)7(4-16)5-17/h1-3,12,19H. The fourth-order valence-corrected chi connectivity index (χ4v) is 1.39. The topological polar surface area (TPSA) is 92.6 Å². The lowest BCUT2D eigenvalue weighted by Gasteiger charge is -2.12. The smallest absolute Gasteiger partial charge is 0.387 e. The highest BCUT2D eigenvalue weighted by Gasteiger charge is 2.13. The van der Waals surface area contributed by atoms with Crippen LogP contribution in [-0.2, 0) is 0 Å². The summed E-state index contributed by atoms with van der Waals surface area (Å²) in [7, 11) is 0. The fraction of sp³-hybridized carbons (Fsp3) is 0.0833. The van der Waals surface area contributed by atoms with Gasteiger partial charge in [-0.2, -0.15) is 24.6 Å². The Morgan fingerprint density at radius 1 is 1.20 bits per heavy atom. The quantitative estimate of drug-likeness (QED) is 0.861. The second-order valence-electron chi connectivity index (χ2n) is 3.23. The van der Waals surface area contributed by atoms with Crippen molar-refractivity contribution in [1.82, 2.24) is 0 Å². The predicted molar refractivity (Wildman–Crippen MR) is 65.6 cm³/mol. The average molecular weight is 295 g/mol. The van der Waals surface area contributed by atoms with Crippen LogP contribution in [0.2, 0.25) is 5.02 Å².